The molecule has 8 heteroatoms. The van der Waals surface area contributed by atoms with Gasteiger partial charge in [0.2, 0.25) is 11.7 Å². The molecule has 0 radical (unpaired) electrons. The first-order chi connectivity index (χ1) is 13.3. The Morgan fingerprint density at radius 3 is 2.75 bits per heavy atom. The highest BCUT2D eigenvalue weighted by Gasteiger charge is 2.15. The molecule has 3 rings (SSSR count). The maximum atomic E-state index is 10.7. The molecule has 0 atom stereocenters. The summed E-state index contributed by atoms with van der Waals surface area (Å²) in [5, 5.41) is 13.2. The maximum Gasteiger partial charge on any atom is 0.303 e. The highest BCUT2D eigenvalue weighted by atomic mass is 35.5. The zero-order chi connectivity index (χ0) is 20.3. The number of carboxylic acids is 1. The Morgan fingerprint density at radius 2 is 2.11 bits per heavy atom. The molecule has 1 N–H and O–H groups in total. The highest BCUT2D eigenvalue weighted by molar-refractivity contribution is 6.32. The van der Waals surface area contributed by atoms with Crippen LogP contribution in [0.5, 0.6) is 5.88 Å². The fourth-order valence-corrected chi connectivity index (χ4v) is 2.90. The van der Waals surface area contributed by atoms with Gasteiger partial charge in [0.05, 0.1) is 11.7 Å². The summed E-state index contributed by atoms with van der Waals surface area (Å²) in [6.07, 6.45) is 2.11. The van der Waals surface area contributed by atoms with Crippen molar-refractivity contribution in [2.45, 2.75) is 39.7 Å². The summed E-state index contributed by atoms with van der Waals surface area (Å²) in [6.45, 7) is 5.71. The van der Waals surface area contributed by atoms with E-state index in [4.69, 9.17) is 26.0 Å². The van der Waals surface area contributed by atoms with E-state index in [1.165, 1.54) is 0 Å². The fourth-order valence-electron chi connectivity index (χ4n) is 2.69. The molecule has 0 unspecified atom stereocenters. The van der Waals surface area contributed by atoms with Gasteiger partial charge in [0.15, 0.2) is 0 Å². The van der Waals surface area contributed by atoms with Crippen molar-refractivity contribution in [2.75, 3.05) is 0 Å². The number of nitrogens with zero attached hydrogens (tertiary/aromatic N) is 3. The fraction of sp³-hybridized carbons (Fsp3) is 0.300. The van der Waals surface area contributed by atoms with Crippen LogP contribution >= 0.6 is 11.6 Å². The summed E-state index contributed by atoms with van der Waals surface area (Å²) in [6, 6.07) is 7.35. The number of halogens is 1. The predicted molar refractivity (Wildman–Crippen MR) is 104 cm³/mol. The standard InChI is InChI=1S/C20H20ClN3O4/c1-11(2)27-20-16(21)9-14(10-22-20)19-23-18(24-28-19)15-6-4-13(8-12(15)3)5-7-17(25)26/h4,6,8-11H,5,7H2,1-3H3,(H,25,26). The van der Waals surface area contributed by atoms with Crippen molar-refractivity contribution in [3.8, 4) is 28.7 Å². The van der Waals surface area contributed by atoms with E-state index in [-0.39, 0.29) is 12.5 Å². The van der Waals surface area contributed by atoms with Gasteiger partial charge in [-0.1, -0.05) is 35.0 Å². The number of aromatic nitrogens is 3. The van der Waals surface area contributed by atoms with Gasteiger partial charge in [-0.25, -0.2) is 4.98 Å². The maximum absolute atomic E-state index is 10.7. The Morgan fingerprint density at radius 1 is 1.32 bits per heavy atom. The van der Waals surface area contributed by atoms with Gasteiger partial charge in [-0.3, -0.25) is 4.79 Å². The normalized spacial score (nSPS) is 11.0. The van der Waals surface area contributed by atoms with Crippen LogP contribution in [0.15, 0.2) is 35.0 Å². The van der Waals surface area contributed by atoms with Crippen LogP contribution in [0.2, 0.25) is 5.02 Å². The van der Waals surface area contributed by atoms with Crippen molar-refractivity contribution in [1.82, 2.24) is 15.1 Å². The van der Waals surface area contributed by atoms with Gasteiger partial charge in [-0.05, 0) is 44.4 Å². The van der Waals surface area contributed by atoms with Crippen LogP contribution in [0.1, 0.15) is 31.4 Å². The molecule has 1 aromatic carbocycles. The molecule has 28 heavy (non-hydrogen) atoms. The second kappa shape index (κ2) is 8.39. The molecule has 2 heterocycles. The molecule has 0 aliphatic carbocycles. The second-order valence-electron chi connectivity index (χ2n) is 6.64. The Labute approximate surface area is 167 Å². The Bertz CT molecular complexity index is 1000. The quantitative estimate of drug-likeness (QED) is 0.619. The molecule has 0 saturated heterocycles. The first-order valence-electron chi connectivity index (χ1n) is 8.81. The zero-order valence-electron chi connectivity index (χ0n) is 15.8. The van der Waals surface area contributed by atoms with Crippen LogP contribution in [0.4, 0.5) is 0 Å². The molecule has 0 spiro atoms. The molecule has 7 nitrogen and oxygen atoms in total. The predicted octanol–water partition coefficient (Wildman–Crippen LogP) is 4.56. The summed E-state index contributed by atoms with van der Waals surface area (Å²) in [7, 11) is 0. The largest absolute Gasteiger partial charge is 0.481 e. The van der Waals surface area contributed by atoms with E-state index in [1.54, 1.807) is 12.3 Å². The van der Waals surface area contributed by atoms with E-state index in [0.29, 0.717) is 34.6 Å². The van der Waals surface area contributed by atoms with Gasteiger partial charge in [0.25, 0.3) is 5.89 Å². The van der Waals surface area contributed by atoms with Crippen molar-refractivity contribution in [2.24, 2.45) is 0 Å². The van der Waals surface area contributed by atoms with Gasteiger partial charge >= 0.3 is 5.97 Å². The summed E-state index contributed by atoms with van der Waals surface area (Å²) < 4.78 is 10.9. The van der Waals surface area contributed by atoms with Crippen LogP contribution in [0, 0.1) is 6.92 Å². The highest BCUT2D eigenvalue weighted by Crippen LogP contribution is 2.30. The number of ether oxygens (including phenoxy) is 1. The van der Waals surface area contributed by atoms with Crippen molar-refractivity contribution in [3.63, 3.8) is 0 Å². The molecule has 0 bridgehead atoms. The van der Waals surface area contributed by atoms with Gasteiger partial charge in [0.1, 0.15) is 5.02 Å². The third-order valence-electron chi connectivity index (χ3n) is 3.99. The lowest BCUT2D eigenvalue weighted by Crippen LogP contribution is -2.07. The van der Waals surface area contributed by atoms with Gasteiger partial charge in [-0.15, -0.1) is 0 Å². The van der Waals surface area contributed by atoms with E-state index in [0.717, 1.165) is 16.7 Å². The Hall–Kier alpha value is -2.93. The van der Waals surface area contributed by atoms with Gasteiger partial charge < -0.3 is 14.4 Å². The SMILES string of the molecule is Cc1cc(CCC(=O)O)ccc1-c1noc(-c2cnc(OC(C)C)c(Cl)c2)n1. The number of rotatable bonds is 7. The summed E-state index contributed by atoms with van der Waals surface area (Å²) in [5.41, 5.74) is 3.29. The molecular weight excluding hydrogens is 382 g/mol. The van der Waals surface area contributed by atoms with Gasteiger partial charge in [-0.2, -0.15) is 4.98 Å². The molecule has 0 amide bonds. The van der Waals surface area contributed by atoms with E-state index in [1.807, 2.05) is 39.0 Å². The minimum Gasteiger partial charge on any atom is -0.481 e. The minimum atomic E-state index is -0.818. The number of pyridine rings is 1. The number of hydrogen-bond acceptors (Lipinski definition) is 6. The van der Waals surface area contributed by atoms with Crippen LogP contribution in [-0.2, 0) is 11.2 Å². The molecule has 0 fully saturated rings. The zero-order valence-corrected chi connectivity index (χ0v) is 16.5. The van der Waals surface area contributed by atoms with E-state index >= 15 is 0 Å². The molecule has 146 valence electrons. The lowest BCUT2D eigenvalue weighted by Gasteiger charge is -2.09. The molecule has 3 aromatic rings. The number of carboxylic acid groups (broad SMARTS) is 1. The lowest BCUT2D eigenvalue weighted by atomic mass is 10.0. The number of aryl methyl sites for hydroxylation is 2. The summed E-state index contributed by atoms with van der Waals surface area (Å²) in [4.78, 5) is 19.4. The van der Waals surface area contributed by atoms with Gasteiger partial charge in [0, 0.05) is 18.2 Å². The van der Waals surface area contributed by atoms with Crippen LogP contribution in [0.25, 0.3) is 22.8 Å². The summed E-state index contributed by atoms with van der Waals surface area (Å²) in [5.74, 6) is 0.278. The minimum absolute atomic E-state index is 0.0349. The number of aliphatic carboxylic acids is 1. The smallest absolute Gasteiger partial charge is 0.303 e. The van der Waals surface area contributed by atoms with Crippen molar-refractivity contribution >= 4 is 17.6 Å². The average molecular weight is 402 g/mol. The molecule has 0 aliphatic heterocycles. The van der Waals surface area contributed by atoms with E-state index in [9.17, 15) is 4.79 Å². The molecular formula is C20H20ClN3O4. The van der Waals surface area contributed by atoms with E-state index in [2.05, 4.69) is 15.1 Å². The number of benzene rings is 1. The Balaban J connectivity index is 1.82. The topological polar surface area (TPSA) is 98.3 Å². The second-order valence-corrected chi connectivity index (χ2v) is 7.05. The molecule has 0 aliphatic rings. The van der Waals surface area contributed by atoms with E-state index < -0.39 is 5.97 Å². The monoisotopic (exact) mass is 401 g/mol. The summed E-state index contributed by atoms with van der Waals surface area (Å²) >= 11 is 6.22. The Kier molecular flexibility index (Phi) is 5.94. The third-order valence-corrected chi connectivity index (χ3v) is 4.26. The van der Waals surface area contributed by atoms with Crippen molar-refractivity contribution < 1.29 is 19.2 Å². The molecule has 2 aromatic heterocycles. The average Bonchev–Trinajstić information content (AvgIpc) is 3.11. The molecule has 0 saturated carbocycles. The first kappa shape index (κ1) is 19.8. The van der Waals surface area contributed by atoms with Crippen LogP contribution in [-0.4, -0.2) is 32.3 Å². The van der Waals surface area contributed by atoms with Crippen LogP contribution in [0.3, 0.4) is 0 Å². The van der Waals surface area contributed by atoms with Crippen molar-refractivity contribution in [1.29, 1.82) is 0 Å². The number of carbonyl (C=O) groups is 1. The van der Waals surface area contributed by atoms with Crippen molar-refractivity contribution in [3.05, 3.63) is 46.6 Å². The lowest BCUT2D eigenvalue weighted by molar-refractivity contribution is -0.136. The first-order valence-corrected chi connectivity index (χ1v) is 9.19. The third kappa shape index (κ3) is 4.67. The van der Waals surface area contributed by atoms with Crippen LogP contribution < -0.4 is 4.74 Å². The number of hydrogen-bond donors (Lipinski definition) is 1.